The molecular weight excluding hydrogens is 272 g/mol. The van der Waals surface area contributed by atoms with Crippen LogP contribution in [0.25, 0.3) is 0 Å². The van der Waals surface area contributed by atoms with Gasteiger partial charge in [0.25, 0.3) is 0 Å². The predicted molar refractivity (Wildman–Crippen MR) is 88.3 cm³/mol. The smallest absolute Gasteiger partial charge is 0.0599 e. The second kappa shape index (κ2) is 4.60. The first-order valence-corrected chi connectivity index (χ1v) is 9.37. The first-order chi connectivity index (χ1) is 10.3. The van der Waals surface area contributed by atoms with Gasteiger partial charge in [-0.2, -0.15) is 0 Å². The molecule has 7 atom stereocenters. The van der Waals surface area contributed by atoms with Gasteiger partial charge in [-0.1, -0.05) is 32.4 Å². The summed E-state index contributed by atoms with van der Waals surface area (Å²) < 4.78 is 0. The lowest BCUT2D eigenvalue weighted by atomic mass is 9.43. The van der Waals surface area contributed by atoms with E-state index in [0.29, 0.717) is 11.3 Å². The molecule has 0 aromatic heterocycles. The van der Waals surface area contributed by atoms with E-state index in [2.05, 4.69) is 26.8 Å². The number of allylic oxidation sites excluding steroid dienone is 1. The van der Waals surface area contributed by atoms with Crippen molar-refractivity contribution in [1.29, 1.82) is 0 Å². The van der Waals surface area contributed by atoms with Gasteiger partial charge in [-0.15, -0.1) is 0 Å². The molecule has 2 nitrogen and oxygen atoms in total. The van der Waals surface area contributed by atoms with E-state index in [1.807, 2.05) is 0 Å². The highest BCUT2D eigenvalue weighted by atomic mass is 16.3. The summed E-state index contributed by atoms with van der Waals surface area (Å²) in [6.07, 6.45) is 11.1. The second-order valence-corrected chi connectivity index (χ2v) is 9.42. The van der Waals surface area contributed by atoms with E-state index in [0.717, 1.165) is 31.6 Å². The molecule has 0 amide bonds. The molecule has 0 bridgehead atoms. The molecule has 0 unspecified atom stereocenters. The van der Waals surface area contributed by atoms with Crippen molar-refractivity contribution in [3.05, 3.63) is 11.6 Å². The Morgan fingerprint density at radius 1 is 0.909 bits per heavy atom. The Labute approximate surface area is 135 Å². The molecule has 2 N–H and O–H groups in total. The van der Waals surface area contributed by atoms with Gasteiger partial charge in [-0.05, 0) is 79.4 Å². The molecule has 0 spiro atoms. The minimum absolute atomic E-state index is 0.107. The molecule has 0 aromatic rings. The fourth-order valence-corrected chi connectivity index (χ4v) is 7.00. The molecule has 3 saturated carbocycles. The highest BCUT2D eigenvalue weighted by Crippen LogP contribution is 2.70. The number of fused-ring (bicyclic) bond motifs is 5. The number of rotatable bonds is 0. The van der Waals surface area contributed by atoms with Crippen LogP contribution in [-0.2, 0) is 0 Å². The Morgan fingerprint density at radius 2 is 1.64 bits per heavy atom. The molecule has 4 aliphatic carbocycles. The molecule has 124 valence electrons. The lowest BCUT2D eigenvalue weighted by Crippen LogP contribution is -2.56. The van der Waals surface area contributed by atoms with Gasteiger partial charge in [-0.25, -0.2) is 0 Å². The molecule has 0 aliphatic heterocycles. The minimum atomic E-state index is -0.117. The third-order valence-electron chi connectivity index (χ3n) is 8.88. The zero-order chi connectivity index (χ0) is 15.8. The SMILES string of the molecule is C[C@]12CC[C@@H](O)CC1=CC[C@@H]1[C@@H]2CC[C@]2(C)[C@H](O)CC[C@@]12C. The van der Waals surface area contributed by atoms with E-state index in [9.17, 15) is 10.2 Å². The van der Waals surface area contributed by atoms with Gasteiger partial charge in [0, 0.05) is 0 Å². The molecule has 3 fully saturated rings. The normalized spacial score (nSPS) is 57.6. The largest absolute Gasteiger partial charge is 0.393 e. The molecular formula is C20H32O2. The van der Waals surface area contributed by atoms with E-state index in [4.69, 9.17) is 0 Å². The summed E-state index contributed by atoms with van der Waals surface area (Å²) >= 11 is 0. The van der Waals surface area contributed by atoms with Crippen molar-refractivity contribution < 1.29 is 10.2 Å². The fourth-order valence-electron chi connectivity index (χ4n) is 7.00. The van der Waals surface area contributed by atoms with E-state index in [1.54, 1.807) is 5.57 Å². The van der Waals surface area contributed by atoms with Gasteiger partial charge in [0.2, 0.25) is 0 Å². The topological polar surface area (TPSA) is 40.5 Å². The first-order valence-electron chi connectivity index (χ1n) is 9.37. The lowest BCUT2D eigenvalue weighted by molar-refractivity contribution is -0.124. The van der Waals surface area contributed by atoms with Crippen LogP contribution >= 0.6 is 0 Å². The molecule has 0 heterocycles. The van der Waals surface area contributed by atoms with Crippen LogP contribution in [-0.4, -0.2) is 22.4 Å². The Kier molecular flexibility index (Phi) is 3.18. The van der Waals surface area contributed by atoms with Gasteiger partial charge >= 0.3 is 0 Å². The summed E-state index contributed by atoms with van der Waals surface area (Å²) in [7, 11) is 0. The summed E-state index contributed by atoms with van der Waals surface area (Å²) in [5.74, 6) is 1.47. The van der Waals surface area contributed by atoms with Crippen molar-refractivity contribution in [2.45, 2.75) is 84.3 Å². The predicted octanol–water partition coefficient (Wildman–Crippen LogP) is 4.06. The first kappa shape index (κ1) is 15.2. The maximum absolute atomic E-state index is 10.6. The minimum Gasteiger partial charge on any atom is -0.393 e. The standard InChI is InChI=1S/C20H32O2/c1-18-9-6-14(21)12-13(18)4-5-16-15(18)7-10-20(3)17(22)8-11-19(16,20)2/h4,14-17,21-22H,5-12H2,1-3H3/t14-,15+,16-,17-,18+,19+,20-/m1/s1. The van der Waals surface area contributed by atoms with Crippen molar-refractivity contribution in [2.75, 3.05) is 0 Å². The number of hydrogen-bond donors (Lipinski definition) is 2. The van der Waals surface area contributed by atoms with Gasteiger partial charge in [-0.3, -0.25) is 0 Å². The van der Waals surface area contributed by atoms with Crippen LogP contribution in [0, 0.1) is 28.1 Å². The van der Waals surface area contributed by atoms with Gasteiger partial charge in [0.05, 0.1) is 12.2 Å². The monoisotopic (exact) mass is 304 g/mol. The van der Waals surface area contributed by atoms with Crippen LogP contribution in [0.5, 0.6) is 0 Å². The molecule has 4 aliphatic rings. The Bertz CT molecular complexity index is 512. The quantitative estimate of drug-likeness (QED) is 0.663. The molecule has 0 aromatic carbocycles. The molecule has 0 saturated heterocycles. The summed E-state index contributed by atoms with van der Waals surface area (Å²) in [5, 5.41) is 20.7. The summed E-state index contributed by atoms with van der Waals surface area (Å²) in [6.45, 7) is 7.30. The average molecular weight is 304 g/mol. The van der Waals surface area contributed by atoms with Crippen molar-refractivity contribution in [3.8, 4) is 0 Å². The van der Waals surface area contributed by atoms with Crippen molar-refractivity contribution >= 4 is 0 Å². The van der Waals surface area contributed by atoms with Gasteiger partial charge in [0.1, 0.15) is 0 Å². The van der Waals surface area contributed by atoms with Crippen LogP contribution in [0.4, 0.5) is 0 Å². The fraction of sp³-hybridized carbons (Fsp3) is 0.900. The van der Waals surface area contributed by atoms with Crippen molar-refractivity contribution in [3.63, 3.8) is 0 Å². The zero-order valence-electron chi connectivity index (χ0n) is 14.4. The Balaban J connectivity index is 1.73. The van der Waals surface area contributed by atoms with E-state index < -0.39 is 0 Å². The van der Waals surface area contributed by atoms with Crippen LogP contribution in [0.2, 0.25) is 0 Å². The maximum Gasteiger partial charge on any atom is 0.0599 e. The lowest BCUT2D eigenvalue weighted by Gasteiger charge is -2.62. The van der Waals surface area contributed by atoms with E-state index in [-0.39, 0.29) is 23.0 Å². The Hall–Kier alpha value is -0.340. The van der Waals surface area contributed by atoms with Crippen molar-refractivity contribution in [2.24, 2.45) is 28.1 Å². The number of aliphatic hydroxyl groups is 2. The molecule has 2 heteroatoms. The van der Waals surface area contributed by atoms with Crippen LogP contribution in [0.3, 0.4) is 0 Å². The Morgan fingerprint density at radius 3 is 2.41 bits per heavy atom. The average Bonchev–Trinajstić information content (AvgIpc) is 2.72. The molecule has 4 rings (SSSR count). The highest BCUT2D eigenvalue weighted by molar-refractivity contribution is 5.26. The summed E-state index contributed by atoms with van der Waals surface area (Å²) in [4.78, 5) is 0. The van der Waals surface area contributed by atoms with Crippen LogP contribution < -0.4 is 0 Å². The van der Waals surface area contributed by atoms with Crippen LogP contribution in [0.15, 0.2) is 11.6 Å². The molecule has 22 heavy (non-hydrogen) atoms. The zero-order valence-corrected chi connectivity index (χ0v) is 14.4. The number of aliphatic hydroxyl groups excluding tert-OH is 2. The number of hydrogen-bond acceptors (Lipinski definition) is 2. The van der Waals surface area contributed by atoms with Crippen LogP contribution in [0.1, 0.15) is 72.1 Å². The third kappa shape index (κ3) is 1.69. The van der Waals surface area contributed by atoms with E-state index >= 15 is 0 Å². The van der Waals surface area contributed by atoms with Gasteiger partial charge < -0.3 is 10.2 Å². The maximum atomic E-state index is 10.6. The van der Waals surface area contributed by atoms with Gasteiger partial charge in [0.15, 0.2) is 0 Å². The second-order valence-electron chi connectivity index (χ2n) is 9.42. The van der Waals surface area contributed by atoms with Crippen molar-refractivity contribution in [1.82, 2.24) is 0 Å². The summed E-state index contributed by atoms with van der Waals surface area (Å²) in [6, 6.07) is 0. The third-order valence-corrected chi connectivity index (χ3v) is 8.88. The molecule has 0 radical (unpaired) electrons. The highest BCUT2D eigenvalue weighted by Gasteiger charge is 2.64. The summed E-state index contributed by atoms with van der Waals surface area (Å²) in [5.41, 5.74) is 2.25. The van der Waals surface area contributed by atoms with E-state index in [1.165, 1.54) is 25.7 Å².